The molecule has 2 aromatic carbocycles. The minimum Gasteiger partial charge on any atom is -0.335 e. The van der Waals surface area contributed by atoms with Crippen LogP contribution in [0.5, 0.6) is 0 Å². The number of benzene rings is 2. The fourth-order valence-corrected chi connectivity index (χ4v) is 3.86. The van der Waals surface area contributed by atoms with Crippen LogP contribution >= 0.6 is 11.3 Å². The molecule has 29 heavy (non-hydrogen) atoms. The lowest BCUT2D eigenvalue weighted by atomic mass is 10.1. The number of carbonyl (C=O) groups is 2. The lowest BCUT2D eigenvalue weighted by Crippen LogP contribution is -2.33. The van der Waals surface area contributed by atoms with Gasteiger partial charge in [-0.2, -0.15) is 0 Å². The average Bonchev–Trinajstić information content (AvgIpc) is 3.48. The Morgan fingerprint density at radius 1 is 1.10 bits per heavy atom. The van der Waals surface area contributed by atoms with E-state index in [0.29, 0.717) is 29.0 Å². The van der Waals surface area contributed by atoms with Crippen molar-refractivity contribution in [3.63, 3.8) is 0 Å². The molecule has 0 bridgehead atoms. The molecule has 0 saturated heterocycles. The fourth-order valence-electron chi connectivity index (χ4n) is 3.16. The Kier molecular flexibility index (Phi) is 5.71. The van der Waals surface area contributed by atoms with Gasteiger partial charge in [-0.3, -0.25) is 14.9 Å². The van der Waals surface area contributed by atoms with Crippen LogP contribution < -0.4 is 5.32 Å². The monoisotopic (exact) mass is 405 g/mol. The van der Waals surface area contributed by atoms with Gasteiger partial charge in [0.1, 0.15) is 0 Å². The van der Waals surface area contributed by atoms with E-state index in [1.165, 1.54) is 16.9 Å². The van der Waals surface area contributed by atoms with E-state index in [-0.39, 0.29) is 18.2 Å². The van der Waals surface area contributed by atoms with Crippen molar-refractivity contribution in [3.8, 4) is 0 Å². The Balaban J connectivity index is 1.38. The molecule has 0 radical (unpaired) electrons. The normalized spacial score (nSPS) is 13.1. The first-order chi connectivity index (χ1) is 14.1. The van der Waals surface area contributed by atoms with Crippen LogP contribution in [0.3, 0.4) is 0 Å². The minimum absolute atomic E-state index is 0.0827. The molecule has 0 spiro atoms. The van der Waals surface area contributed by atoms with Gasteiger partial charge < -0.3 is 4.90 Å². The van der Waals surface area contributed by atoms with Gasteiger partial charge in [0.05, 0.1) is 12.1 Å². The summed E-state index contributed by atoms with van der Waals surface area (Å²) in [5.41, 5.74) is 3.63. The molecule has 4 rings (SSSR count). The number of aromatic nitrogens is 1. The van der Waals surface area contributed by atoms with Crippen molar-refractivity contribution < 1.29 is 9.59 Å². The van der Waals surface area contributed by atoms with E-state index in [4.69, 9.17) is 0 Å². The molecule has 148 valence electrons. The number of thiazole rings is 1. The zero-order valence-electron chi connectivity index (χ0n) is 16.3. The molecule has 1 aliphatic rings. The van der Waals surface area contributed by atoms with Crippen LogP contribution in [0.25, 0.3) is 0 Å². The van der Waals surface area contributed by atoms with Crippen molar-refractivity contribution in [1.82, 2.24) is 9.88 Å². The third-order valence-electron chi connectivity index (χ3n) is 4.92. The second-order valence-corrected chi connectivity index (χ2v) is 8.24. The fraction of sp³-hybridized carbons (Fsp3) is 0.261. The molecule has 5 nitrogen and oxygen atoms in total. The summed E-state index contributed by atoms with van der Waals surface area (Å²) in [5.74, 6) is -0.115. The molecule has 2 amide bonds. The summed E-state index contributed by atoms with van der Waals surface area (Å²) in [6, 6.07) is 17.7. The molecule has 3 aromatic rings. The van der Waals surface area contributed by atoms with Gasteiger partial charge >= 0.3 is 0 Å². The summed E-state index contributed by atoms with van der Waals surface area (Å²) in [7, 11) is 0. The van der Waals surface area contributed by atoms with E-state index >= 15 is 0 Å². The Morgan fingerprint density at radius 3 is 2.52 bits per heavy atom. The Morgan fingerprint density at radius 2 is 1.83 bits per heavy atom. The van der Waals surface area contributed by atoms with Gasteiger partial charge in [-0.1, -0.05) is 48.0 Å². The standard InChI is InChI=1S/C23H23N3O2S/c1-16-7-9-17(10-8-16)14-26(20-11-12-20)21(27)13-19-15-29-23(24-19)25-22(28)18-5-3-2-4-6-18/h2-10,15,20H,11-14H2,1H3,(H,24,25,28). The second-order valence-electron chi connectivity index (χ2n) is 7.38. The number of hydrogen-bond donors (Lipinski definition) is 1. The molecule has 1 N–H and O–H groups in total. The number of amides is 2. The maximum atomic E-state index is 12.9. The maximum absolute atomic E-state index is 12.9. The number of nitrogens with one attached hydrogen (secondary N) is 1. The Hall–Kier alpha value is -2.99. The summed E-state index contributed by atoms with van der Waals surface area (Å²) in [6.07, 6.45) is 2.38. The minimum atomic E-state index is -0.197. The van der Waals surface area contributed by atoms with E-state index < -0.39 is 0 Å². The first-order valence-corrected chi connectivity index (χ1v) is 10.6. The lowest BCUT2D eigenvalue weighted by molar-refractivity contribution is -0.131. The van der Waals surface area contributed by atoms with Gasteiger partial charge in [0.25, 0.3) is 5.91 Å². The molecule has 1 fully saturated rings. The molecule has 1 aromatic heterocycles. The topological polar surface area (TPSA) is 62.3 Å². The van der Waals surface area contributed by atoms with Crippen molar-refractivity contribution in [1.29, 1.82) is 0 Å². The third kappa shape index (κ3) is 5.09. The SMILES string of the molecule is Cc1ccc(CN(C(=O)Cc2csc(NC(=O)c3ccccc3)n2)C2CC2)cc1. The molecular weight excluding hydrogens is 382 g/mol. The number of aryl methyl sites for hydroxylation is 1. The van der Waals surface area contributed by atoms with Crippen LogP contribution in [0.2, 0.25) is 0 Å². The molecule has 0 unspecified atom stereocenters. The van der Waals surface area contributed by atoms with Crippen LogP contribution in [-0.2, 0) is 17.8 Å². The Bertz CT molecular complexity index is 994. The smallest absolute Gasteiger partial charge is 0.257 e. The Labute approximate surface area is 174 Å². The molecule has 0 atom stereocenters. The highest BCUT2D eigenvalue weighted by molar-refractivity contribution is 7.14. The number of nitrogens with zero attached hydrogens (tertiary/aromatic N) is 2. The largest absolute Gasteiger partial charge is 0.335 e. The van der Waals surface area contributed by atoms with Crippen molar-refractivity contribution in [2.24, 2.45) is 0 Å². The van der Waals surface area contributed by atoms with Crippen LogP contribution in [0.4, 0.5) is 5.13 Å². The molecule has 1 saturated carbocycles. The maximum Gasteiger partial charge on any atom is 0.257 e. The molecular formula is C23H23N3O2S. The predicted molar refractivity (Wildman–Crippen MR) is 115 cm³/mol. The number of carbonyl (C=O) groups excluding carboxylic acids is 2. The van der Waals surface area contributed by atoms with Gasteiger partial charge in [-0.05, 0) is 37.5 Å². The molecule has 6 heteroatoms. The van der Waals surface area contributed by atoms with Gasteiger partial charge in [0.15, 0.2) is 5.13 Å². The summed E-state index contributed by atoms with van der Waals surface area (Å²) in [6.45, 7) is 2.69. The van der Waals surface area contributed by atoms with E-state index in [9.17, 15) is 9.59 Å². The van der Waals surface area contributed by atoms with Crippen molar-refractivity contribution in [2.45, 2.75) is 38.8 Å². The average molecular weight is 406 g/mol. The number of rotatable bonds is 7. The summed E-state index contributed by atoms with van der Waals surface area (Å²) < 4.78 is 0. The first kappa shape index (κ1) is 19.3. The summed E-state index contributed by atoms with van der Waals surface area (Å²) in [4.78, 5) is 31.6. The van der Waals surface area contributed by atoms with Crippen molar-refractivity contribution in [3.05, 3.63) is 82.4 Å². The highest BCUT2D eigenvalue weighted by Crippen LogP contribution is 2.29. The predicted octanol–water partition coefficient (Wildman–Crippen LogP) is 4.44. The van der Waals surface area contributed by atoms with E-state index in [0.717, 1.165) is 18.4 Å². The highest BCUT2D eigenvalue weighted by Gasteiger charge is 2.32. The lowest BCUT2D eigenvalue weighted by Gasteiger charge is -2.22. The van der Waals surface area contributed by atoms with Gasteiger partial charge in [-0.25, -0.2) is 4.98 Å². The van der Waals surface area contributed by atoms with Crippen LogP contribution in [0, 0.1) is 6.92 Å². The number of anilines is 1. The quantitative estimate of drug-likeness (QED) is 0.632. The highest BCUT2D eigenvalue weighted by atomic mass is 32.1. The summed E-state index contributed by atoms with van der Waals surface area (Å²) >= 11 is 1.34. The van der Waals surface area contributed by atoms with E-state index in [1.54, 1.807) is 12.1 Å². The third-order valence-corrected chi connectivity index (χ3v) is 5.73. The zero-order valence-corrected chi connectivity index (χ0v) is 17.1. The molecule has 0 aliphatic heterocycles. The van der Waals surface area contributed by atoms with Gasteiger partial charge in [0.2, 0.25) is 5.91 Å². The van der Waals surface area contributed by atoms with E-state index in [2.05, 4.69) is 41.5 Å². The van der Waals surface area contributed by atoms with Crippen LogP contribution in [0.1, 0.15) is 40.0 Å². The van der Waals surface area contributed by atoms with Gasteiger partial charge in [0, 0.05) is 23.5 Å². The van der Waals surface area contributed by atoms with Crippen molar-refractivity contribution >= 4 is 28.3 Å². The number of hydrogen-bond acceptors (Lipinski definition) is 4. The first-order valence-electron chi connectivity index (χ1n) is 9.74. The second kappa shape index (κ2) is 8.57. The van der Waals surface area contributed by atoms with Crippen LogP contribution in [-0.4, -0.2) is 27.7 Å². The molecule has 1 heterocycles. The summed E-state index contributed by atoms with van der Waals surface area (Å²) in [5, 5.41) is 5.16. The molecule has 1 aliphatic carbocycles. The zero-order chi connectivity index (χ0) is 20.2. The van der Waals surface area contributed by atoms with Crippen molar-refractivity contribution in [2.75, 3.05) is 5.32 Å². The van der Waals surface area contributed by atoms with Crippen LogP contribution in [0.15, 0.2) is 60.0 Å². The van der Waals surface area contributed by atoms with E-state index in [1.807, 2.05) is 28.5 Å². The van der Waals surface area contributed by atoms with Gasteiger partial charge in [-0.15, -0.1) is 11.3 Å².